The van der Waals surface area contributed by atoms with Crippen molar-refractivity contribution in [3.63, 3.8) is 0 Å². The van der Waals surface area contributed by atoms with Gasteiger partial charge < -0.3 is 9.84 Å². The first-order valence-electron chi connectivity index (χ1n) is 5.10. The standard InChI is InChI=1S/C9H17N3O3Si/c1-16(2,3)5-4-15-7-12-10-6-8(11-12)9(13)14/h6H,4-5,7H2,1-3H3,(H,13,14). The van der Waals surface area contributed by atoms with E-state index in [0.717, 1.165) is 6.04 Å². The van der Waals surface area contributed by atoms with E-state index >= 15 is 0 Å². The molecular weight excluding hydrogens is 226 g/mol. The minimum absolute atomic E-state index is 0.0613. The van der Waals surface area contributed by atoms with Crippen LogP contribution in [0.3, 0.4) is 0 Å². The summed E-state index contributed by atoms with van der Waals surface area (Å²) >= 11 is 0. The summed E-state index contributed by atoms with van der Waals surface area (Å²) in [6, 6.07) is 1.07. The lowest BCUT2D eigenvalue weighted by atomic mass is 10.5. The van der Waals surface area contributed by atoms with Crippen molar-refractivity contribution in [2.45, 2.75) is 32.4 Å². The molecule has 0 amide bonds. The number of ether oxygens (including phenoxy) is 1. The maximum Gasteiger partial charge on any atom is 0.358 e. The zero-order valence-corrected chi connectivity index (χ0v) is 10.8. The van der Waals surface area contributed by atoms with E-state index < -0.39 is 14.0 Å². The fraction of sp³-hybridized carbons (Fsp3) is 0.667. The Labute approximate surface area is 95.2 Å². The van der Waals surface area contributed by atoms with Gasteiger partial charge in [-0.25, -0.2) is 4.79 Å². The van der Waals surface area contributed by atoms with Crippen LogP contribution in [0.5, 0.6) is 0 Å². The van der Waals surface area contributed by atoms with Crippen LogP contribution in [0.15, 0.2) is 6.20 Å². The molecule has 1 heterocycles. The maximum absolute atomic E-state index is 10.5. The van der Waals surface area contributed by atoms with E-state index in [1.807, 2.05) is 0 Å². The fourth-order valence-electron chi connectivity index (χ4n) is 0.982. The van der Waals surface area contributed by atoms with Crippen molar-refractivity contribution < 1.29 is 14.6 Å². The van der Waals surface area contributed by atoms with Gasteiger partial charge in [0.05, 0.1) is 6.20 Å². The van der Waals surface area contributed by atoms with Crippen molar-refractivity contribution >= 4 is 14.0 Å². The molecule has 6 nitrogen and oxygen atoms in total. The van der Waals surface area contributed by atoms with Gasteiger partial charge in [0.25, 0.3) is 0 Å². The molecule has 16 heavy (non-hydrogen) atoms. The van der Waals surface area contributed by atoms with Crippen molar-refractivity contribution in [2.24, 2.45) is 0 Å². The van der Waals surface area contributed by atoms with E-state index in [-0.39, 0.29) is 12.4 Å². The second-order valence-corrected chi connectivity index (χ2v) is 10.4. The zero-order valence-electron chi connectivity index (χ0n) is 9.80. The Morgan fingerprint density at radius 3 is 2.75 bits per heavy atom. The van der Waals surface area contributed by atoms with Gasteiger partial charge in [0.2, 0.25) is 0 Å². The lowest BCUT2D eigenvalue weighted by Gasteiger charge is -2.14. The van der Waals surface area contributed by atoms with E-state index in [1.165, 1.54) is 11.0 Å². The molecule has 0 radical (unpaired) electrons. The van der Waals surface area contributed by atoms with E-state index in [1.54, 1.807) is 0 Å². The number of aromatic carboxylic acids is 1. The lowest BCUT2D eigenvalue weighted by molar-refractivity contribution is 0.0643. The second kappa shape index (κ2) is 5.22. The predicted molar refractivity (Wildman–Crippen MR) is 61.1 cm³/mol. The Hall–Kier alpha value is -1.21. The number of nitrogens with zero attached hydrogens (tertiary/aromatic N) is 3. The minimum Gasteiger partial charge on any atom is -0.476 e. The molecule has 90 valence electrons. The summed E-state index contributed by atoms with van der Waals surface area (Å²) in [5, 5.41) is 16.1. The van der Waals surface area contributed by atoms with Crippen molar-refractivity contribution in [1.82, 2.24) is 15.0 Å². The summed E-state index contributed by atoms with van der Waals surface area (Å²) in [6.45, 7) is 7.68. The molecule has 0 atom stereocenters. The molecule has 0 aliphatic carbocycles. The molecular formula is C9H17N3O3Si. The Morgan fingerprint density at radius 1 is 1.56 bits per heavy atom. The average molecular weight is 243 g/mol. The van der Waals surface area contributed by atoms with Gasteiger partial charge in [0.1, 0.15) is 0 Å². The number of aromatic nitrogens is 3. The summed E-state index contributed by atoms with van der Waals surface area (Å²) in [4.78, 5) is 11.8. The van der Waals surface area contributed by atoms with Crippen LogP contribution in [0.4, 0.5) is 0 Å². The smallest absolute Gasteiger partial charge is 0.358 e. The SMILES string of the molecule is C[Si](C)(C)CCOCn1ncc(C(=O)O)n1. The van der Waals surface area contributed by atoms with Crippen LogP contribution < -0.4 is 0 Å². The number of hydrogen-bond acceptors (Lipinski definition) is 4. The van der Waals surface area contributed by atoms with Crippen LogP contribution >= 0.6 is 0 Å². The molecule has 0 saturated heterocycles. The van der Waals surface area contributed by atoms with Gasteiger partial charge in [-0.05, 0) is 6.04 Å². The molecule has 1 N–H and O–H groups in total. The highest BCUT2D eigenvalue weighted by atomic mass is 28.3. The molecule has 1 aromatic rings. The quantitative estimate of drug-likeness (QED) is 0.601. The van der Waals surface area contributed by atoms with Crippen molar-refractivity contribution in [1.29, 1.82) is 0 Å². The van der Waals surface area contributed by atoms with Crippen LogP contribution in [0.25, 0.3) is 0 Å². The van der Waals surface area contributed by atoms with Gasteiger partial charge in [-0.3, -0.25) is 0 Å². The molecule has 0 bridgehead atoms. The molecule has 0 aromatic carbocycles. The van der Waals surface area contributed by atoms with Crippen LogP contribution in [0.2, 0.25) is 25.7 Å². The second-order valence-electron chi connectivity index (χ2n) is 4.76. The van der Waals surface area contributed by atoms with Gasteiger partial charge in [0, 0.05) is 14.7 Å². The lowest BCUT2D eigenvalue weighted by Crippen LogP contribution is -2.22. The minimum atomic E-state index is -1.08. The van der Waals surface area contributed by atoms with E-state index in [4.69, 9.17) is 9.84 Å². The largest absolute Gasteiger partial charge is 0.476 e. The fourth-order valence-corrected chi connectivity index (χ4v) is 1.74. The molecule has 1 aromatic heterocycles. The molecule has 0 spiro atoms. The highest BCUT2D eigenvalue weighted by molar-refractivity contribution is 6.76. The van der Waals surface area contributed by atoms with Crippen molar-refractivity contribution in [3.05, 3.63) is 11.9 Å². The monoisotopic (exact) mass is 243 g/mol. The summed E-state index contributed by atoms with van der Waals surface area (Å²) in [6.07, 6.45) is 1.21. The van der Waals surface area contributed by atoms with Gasteiger partial charge in [-0.1, -0.05) is 19.6 Å². The normalized spacial score (nSPS) is 11.7. The van der Waals surface area contributed by atoms with Gasteiger partial charge in [-0.15, -0.1) is 5.10 Å². The summed E-state index contributed by atoms with van der Waals surface area (Å²) in [5.41, 5.74) is -0.0613. The van der Waals surface area contributed by atoms with E-state index in [9.17, 15) is 4.79 Å². The average Bonchev–Trinajstić information content (AvgIpc) is 2.59. The summed E-state index contributed by atoms with van der Waals surface area (Å²) < 4.78 is 5.37. The first-order chi connectivity index (χ1) is 7.38. The van der Waals surface area contributed by atoms with Crippen LogP contribution in [-0.2, 0) is 11.5 Å². The van der Waals surface area contributed by atoms with Gasteiger partial charge >= 0.3 is 5.97 Å². The van der Waals surface area contributed by atoms with Gasteiger partial charge in [0.15, 0.2) is 12.4 Å². The molecule has 0 fully saturated rings. The molecule has 7 heteroatoms. The third kappa shape index (κ3) is 4.54. The third-order valence-corrected chi connectivity index (χ3v) is 3.66. The Morgan fingerprint density at radius 2 is 2.25 bits per heavy atom. The van der Waals surface area contributed by atoms with Crippen molar-refractivity contribution in [2.75, 3.05) is 6.61 Å². The predicted octanol–water partition coefficient (Wildman–Crippen LogP) is 1.29. The molecule has 1 rings (SSSR count). The van der Waals surface area contributed by atoms with Crippen LogP contribution in [0, 0.1) is 0 Å². The third-order valence-electron chi connectivity index (χ3n) is 1.96. The molecule has 0 aliphatic heterocycles. The number of rotatable bonds is 6. The first-order valence-corrected chi connectivity index (χ1v) is 8.80. The number of carboxylic acid groups (broad SMARTS) is 1. The highest BCUT2D eigenvalue weighted by Crippen LogP contribution is 2.07. The Balaban J connectivity index is 2.30. The van der Waals surface area contributed by atoms with Gasteiger partial charge in [-0.2, -0.15) is 9.90 Å². The number of hydrogen-bond donors (Lipinski definition) is 1. The van der Waals surface area contributed by atoms with E-state index in [2.05, 4.69) is 29.8 Å². The summed E-state index contributed by atoms with van der Waals surface area (Å²) in [7, 11) is -1.08. The first kappa shape index (κ1) is 12.9. The summed E-state index contributed by atoms with van der Waals surface area (Å²) in [5.74, 6) is -1.08. The number of carboxylic acids is 1. The molecule has 0 aliphatic rings. The molecule has 0 saturated carbocycles. The van der Waals surface area contributed by atoms with E-state index in [0.29, 0.717) is 6.61 Å². The van der Waals surface area contributed by atoms with Crippen LogP contribution in [-0.4, -0.2) is 40.8 Å². The zero-order chi connectivity index (χ0) is 12.2. The highest BCUT2D eigenvalue weighted by Gasteiger charge is 2.12. The maximum atomic E-state index is 10.5. The Bertz CT molecular complexity index is 359. The molecule has 0 unspecified atom stereocenters. The topological polar surface area (TPSA) is 77.2 Å². The van der Waals surface area contributed by atoms with Crippen molar-refractivity contribution in [3.8, 4) is 0 Å². The van der Waals surface area contributed by atoms with Crippen LogP contribution in [0.1, 0.15) is 10.5 Å². The Kier molecular flexibility index (Phi) is 4.19. The number of carbonyl (C=O) groups is 1.